The van der Waals surface area contributed by atoms with Crippen molar-refractivity contribution in [3.63, 3.8) is 0 Å². The minimum atomic E-state index is 0.588. The van der Waals surface area contributed by atoms with Gasteiger partial charge in [-0.2, -0.15) is 0 Å². The van der Waals surface area contributed by atoms with Crippen molar-refractivity contribution in [3.05, 3.63) is 0 Å². The molecule has 0 aliphatic rings. The Hall–Kier alpha value is -0.120. The molecule has 0 saturated carbocycles. The highest BCUT2D eigenvalue weighted by molar-refractivity contribution is 4.51. The highest BCUT2D eigenvalue weighted by Gasteiger charge is 1.97. The van der Waals surface area contributed by atoms with E-state index in [1.165, 1.54) is 32.1 Å². The average molecular weight is 173 g/mol. The second-order valence-electron chi connectivity index (χ2n) is 3.17. The van der Waals surface area contributed by atoms with Gasteiger partial charge in [0.15, 0.2) is 0 Å². The van der Waals surface area contributed by atoms with Crippen LogP contribution in [-0.2, 0) is 0 Å². The lowest BCUT2D eigenvalue weighted by Gasteiger charge is -2.16. The maximum Gasteiger partial charge on any atom is 0.0467 e. The van der Waals surface area contributed by atoms with Crippen molar-refractivity contribution in [3.8, 4) is 0 Å². The molecule has 0 amide bonds. The van der Waals surface area contributed by atoms with Crippen LogP contribution in [0.3, 0.4) is 0 Å². The quantitative estimate of drug-likeness (QED) is 0.427. The number of rotatable bonds is 8. The van der Waals surface area contributed by atoms with Gasteiger partial charge in [0.25, 0.3) is 0 Å². The van der Waals surface area contributed by atoms with Crippen molar-refractivity contribution in [1.29, 1.82) is 0 Å². The Kier molecular flexibility index (Phi) is 8.88. The molecule has 0 rings (SSSR count). The maximum atomic E-state index is 5.47. The molecule has 0 aromatic carbocycles. The highest BCUT2D eigenvalue weighted by atomic mass is 15.2. The first-order valence-corrected chi connectivity index (χ1v) is 4.97. The predicted octanol–water partition coefficient (Wildman–Crippen LogP) is 1.09. The van der Waals surface area contributed by atoms with E-state index in [9.17, 15) is 0 Å². The van der Waals surface area contributed by atoms with Gasteiger partial charge >= 0.3 is 0 Å². The second kappa shape index (κ2) is 8.97. The Bertz CT molecular complexity index is 81.8. The summed E-state index contributed by atoms with van der Waals surface area (Å²) in [6.45, 7) is 4.46. The van der Waals surface area contributed by atoms with Crippen molar-refractivity contribution in [2.45, 2.75) is 39.0 Å². The number of nitrogens with zero attached hydrogens (tertiary/aromatic N) is 1. The van der Waals surface area contributed by atoms with Crippen molar-refractivity contribution in [2.24, 2.45) is 11.5 Å². The Morgan fingerprint density at radius 2 is 1.50 bits per heavy atom. The Balaban J connectivity index is 3.06. The first kappa shape index (κ1) is 11.9. The van der Waals surface area contributed by atoms with Crippen LogP contribution in [-0.4, -0.2) is 24.8 Å². The zero-order valence-corrected chi connectivity index (χ0v) is 8.26. The van der Waals surface area contributed by atoms with Crippen LogP contribution in [0.15, 0.2) is 0 Å². The summed E-state index contributed by atoms with van der Waals surface area (Å²) in [5, 5.41) is 0. The van der Waals surface area contributed by atoms with Gasteiger partial charge in [-0.05, 0) is 6.42 Å². The lowest BCUT2D eigenvalue weighted by molar-refractivity contribution is 0.282. The van der Waals surface area contributed by atoms with Gasteiger partial charge in [-0.3, -0.25) is 4.90 Å². The van der Waals surface area contributed by atoms with Crippen LogP contribution in [0, 0.1) is 0 Å². The van der Waals surface area contributed by atoms with Crippen molar-refractivity contribution in [1.82, 2.24) is 4.90 Å². The largest absolute Gasteiger partial charge is 0.318 e. The zero-order valence-electron chi connectivity index (χ0n) is 8.26. The summed E-state index contributed by atoms with van der Waals surface area (Å²) in [5.41, 5.74) is 10.9. The fourth-order valence-electron chi connectivity index (χ4n) is 1.20. The van der Waals surface area contributed by atoms with Crippen LogP contribution in [0.2, 0.25) is 0 Å². The molecule has 0 unspecified atom stereocenters. The minimum absolute atomic E-state index is 0.588. The molecule has 0 bridgehead atoms. The molecule has 0 spiro atoms. The molecule has 3 nitrogen and oxygen atoms in total. The molecular weight excluding hydrogens is 150 g/mol. The van der Waals surface area contributed by atoms with Crippen molar-refractivity contribution >= 4 is 0 Å². The van der Waals surface area contributed by atoms with E-state index in [1.807, 2.05) is 0 Å². The standard InChI is InChI=1S/C9H23N3/c1-2-3-4-5-6-7-12(8-10)9-11/h2-11H2,1H3. The SMILES string of the molecule is CCCCCCCN(CN)CN. The normalized spacial score (nSPS) is 11.0. The summed E-state index contributed by atoms with van der Waals surface area (Å²) in [6.07, 6.45) is 6.54. The van der Waals surface area contributed by atoms with Gasteiger partial charge < -0.3 is 11.5 Å². The Morgan fingerprint density at radius 3 is 2.00 bits per heavy atom. The van der Waals surface area contributed by atoms with Crippen LogP contribution < -0.4 is 11.5 Å². The topological polar surface area (TPSA) is 55.3 Å². The third-order valence-electron chi connectivity index (χ3n) is 2.09. The van der Waals surface area contributed by atoms with Crippen LogP contribution in [0.25, 0.3) is 0 Å². The number of hydrogen-bond donors (Lipinski definition) is 2. The summed E-state index contributed by atoms with van der Waals surface area (Å²) >= 11 is 0. The molecule has 3 heteroatoms. The monoisotopic (exact) mass is 173 g/mol. The fraction of sp³-hybridized carbons (Fsp3) is 1.00. The summed E-state index contributed by atoms with van der Waals surface area (Å²) in [5.74, 6) is 0. The van der Waals surface area contributed by atoms with E-state index in [2.05, 4.69) is 11.8 Å². The number of nitrogens with two attached hydrogens (primary N) is 2. The second-order valence-corrected chi connectivity index (χ2v) is 3.17. The zero-order chi connectivity index (χ0) is 9.23. The summed E-state index contributed by atoms with van der Waals surface area (Å²) in [4.78, 5) is 2.06. The third-order valence-corrected chi connectivity index (χ3v) is 2.09. The van der Waals surface area contributed by atoms with Gasteiger partial charge in [0, 0.05) is 19.9 Å². The van der Waals surface area contributed by atoms with Crippen LogP contribution >= 0.6 is 0 Å². The first-order valence-electron chi connectivity index (χ1n) is 4.97. The van der Waals surface area contributed by atoms with Gasteiger partial charge in [0.1, 0.15) is 0 Å². The van der Waals surface area contributed by atoms with E-state index < -0.39 is 0 Å². The summed E-state index contributed by atoms with van der Waals surface area (Å²) in [7, 11) is 0. The Labute approximate surface area is 76.1 Å². The molecule has 0 fully saturated rings. The van der Waals surface area contributed by atoms with Crippen LogP contribution in [0.1, 0.15) is 39.0 Å². The first-order chi connectivity index (χ1) is 5.85. The van der Waals surface area contributed by atoms with Crippen molar-refractivity contribution in [2.75, 3.05) is 19.9 Å². The van der Waals surface area contributed by atoms with Gasteiger partial charge in [-0.25, -0.2) is 0 Å². The molecule has 4 N–H and O–H groups in total. The van der Waals surface area contributed by atoms with Crippen LogP contribution in [0.5, 0.6) is 0 Å². The van der Waals surface area contributed by atoms with E-state index in [-0.39, 0.29) is 0 Å². The van der Waals surface area contributed by atoms with E-state index >= 15 is 0 Å². The molecule has 0 radical (unpaired) electrons. The minimum Gasteiger partial charge on any atom is -0.318 e. The summed E-state index contributed by atoms with van der Waals surface area (Å²) in [6, 6.07) is 0. The van der Waals surface area contributed by atoms with Crippen molar-refractivity contribution < 1.29 is 0 Å². The van der Waals surface area contributed by atoms with E-state index in [0.717, 1.165) is 6.54 Å². The van der Waals surface area contributed by atoms with Gasteiger partial charge in [0.2, 0.25) is 0 Å². The van der Waals surface area contributed by atoms with Crippen LogP contribution in [0.4, 0.5) is 0 Å². The molecule has 0 heterocycles. The predicted molar refractivity (Wildman–Crippen MR) is 53.6 cm³/mol. The lowest BCUT2D eigenvalue weighted by atomic mass is 10.1. The van der Waals surface area contributed by atoms with Gasteiger partial charge in [-0.15, -0.1) is 0 Å². The third kappa shape index (κ3) is 6.58. The van der Waals surface area contributed by atoms with E-state index in [0.29, 0.717) is 13.3 Å². The van der Waals surface area contributed by atoms with E-state index in [4.69, 9.17) is 11.5 Å². The van der Waals surface area contributed by atoms with Gasteiger partial charge in [-0.1, -0.05) is 32.6 Å². The highest BCUT2D eigenvalue weighted by Crippen LogP contribution is 2.02. The smallest absolute Gasteiger partial charge is 0.0467 e. The Morgan fingerprint density at radius 1 is 0.917 bits per heavy atom. The molecule has 0 aromatic heterocycles. The molecule has 0 aromatic rings. The molecule has 0 atom stereocenters. The molecule has 12 heavy (non-hydrogen) atoms. The fourth-order valence-corrected chi connectivity index (χ4v) is 1.20. The maximum absolute atomic E-state index is 5.47. The lowest BCUT2D eigenvalue weighted by Crippen LogP contribution is -2.35. The molecule has 0 saturated heterocycles. The number of hydrogen-bond acceptors (Lipinski definition) is 3. The average Bonchev–Trinajstić information content (AvgIpc) is 2.11. The number of unbranched alkanes of at least 4 members (excludes halogenated alkanes) is 4. The molecular formula is C9H23N3. The summed E-state index contributed by atoms with van der Waals surface area (Å²) < 4.78 is 0. The molecule has 74 valence electrons. The van der Waals surface area contributed by atoms with Gasteiger partial charge in [0.05, 0.1) is 0 Å². The molecule has 0 aliphatic heterocycles. The van der Waals surface area contributed by atoms with E-state index in [1.54, 1.807) is 0 Å². The molecule has 0 aliphatic carbocycles.